The molecule has 0 aliphatic carbocycles. The second-order valence-corrected chi connectivity index (χ2v) is 6.41. The lowest BCUT2D eigenvalue weighted by molar-refractivity contribution is -0.303. The molecule has 0 spiro atoms. The Bertz CT molecular complexity index is 314. The molecule has 0 rings (SSSR count). The number of unbranched alkanes of at least 4 members (excludes halogenated alkanes) is 7. The first-order valence-electron chi connectivity index (χ1n) is 6.65. The molecular weight excluding hydrogens is 254 g/mol. The summed E-state index contributed by atoms with van der Waals surface area (Å²) < 4.78 is 24.6. The maximum Gasteiger partial charge on any atom is 0.211 e. The van der Waals surface area contributed by atoms with Gasteiger partial charge in [-0.15, -0.1) is 0 Å². The summed E-state index contributed by atoms with van der Waals surface area (Å²) in [7, 11) is -3.45. The second kappa shape index (κ2) is 10.3. The lowest BCUT2D eigenvalue weighted by atomic mass is 10.1. The Morgan fingerprint density at radius 1 is 1.00 bits per heavy atom. The number of hydrogen-bond donors (Lipinski definition) is 1. The van der Waals surface area contributed by atoms with Crippen LogP contribution in [0, 0.1) is 0 Å². The average Bonchev–Trinajstić information content (AvgIpc) is 2.30. The Morgan fingerprint density at radius 3 is 2.00 bits per heavy atom. The van der Waals surface area contributed by atoms with Crippen LogP contribution in [0.5, 0.6) is 0 Å². The SMILES string of the molecule is CCCCCCCCCCS(=O)(=O)NCC(=O)[O-]. The fourth-order valence-corrected chi connectivity index (χ4v) is 2.73. The highest BCUT2D eigenvalue weighted by atomic mass is 32.2. The van der Waals surface area contributed by atoms with Crippen LogP contribution in [0.2, 0.25) is 0 Å². The van der Waals surface area contributed by atoms with Gasteiger partial charge in [-0.2, -0.15) is 0 Å². The zero-order valence-corrected chi connectivity index (χ0v) is 11.9. The Balaban J connectivity index is 3.44. The minimum Gasteiger partial charge on any atom is -0.549 e. The van der Waals surface area contributed by atoms with Gasteiger partial charge in [-0.1, -0.05) is 51.9 Å². The molecule has 0 aliphatic rings. The second-order valence-electron chi connectivity index (χ2n) is 4.49. The zero-order valence-electron chi connectivity index (χ0n) is 11.1. The molecule has 5 nitrogen and oxygen atoms in total. The van der Waals surface area contributed by atoms with Gasteiger partial charge in [0.2, 0.25) is 10.0 Å². The summed E-state index contributed by atoms with van der Waals surface area (Å²) in [5.74, 6) is -1.41. The Morgan fingerprint density at radius 2 is 1.50 bits per heavy atom. The quantitative estimate of drug-likeness (QED) is 0.535. The third kappa shape index (κ3) is 11.9. The van der Waals surface area contributed by atoms with Crippen LogP contribution >= 0.6 is 0 Å². The predicted octanol–water partition coefficient (Wildman–Crippen LogP) is 0.796. The van der Waals surface area contributed by atoms with Crippen molar-refractivity contribution in [3.8, 4) is 0 Å². The summed E-state index contributed by atoms with van der Waals surface area (Å²) in [5.41, 5.74) is 0. The summed E-state index contributed by atoms with van der Waals surface area (Å²) in [5, 5.41) is 10.1. The van der Waals surface area contributed by atoms with E-state index in [1.54, 1.807) is 0 Å². The van der Waals surface area contributed by atoms with Gasteiger partial charge < -0.3 is 9.90 Å². The van der Waals surface area contributed by atoms with E-state index in [0.717, 1.165) is 19.3 Å². The molecular formula is C12H24NO4S-. The summed E-state index contributed by atoms with van der Waals surface area (Å²) in [6, 6.07) is 0. The Kier molecular flexibility index (Phi) is 9.96. The highest BCUT2D eigenvalue weighted by molar-refractivity contribution is 7.89. The lowest BCUT2D eigenvalue weighted by Crippen LogP contribution is -2.38. The van der Waals surface area contributed by atoms with E-state index >= 15 is 0 Å². The molecule has 0 atom stereocenters. The fourth-order valence-electron chi connectivity index (χ4n) is 1.67. The number of rotatable bonds is 12. The number of carboxylic acids is 1. The van der Waals surface area contributed by atoms with Crippen molar-refractivity contribution in [3.63, 3.8) is 0 Å². The minimum atomic E-state index is -3.45. The first-order valence-corrected chi connectivity index (χ1v) is 8.30. The van der Waals surface area contributed by atoms with Crippen LogP contribution < -0.4 is 9.83 Å². The van der Waals surface area contributed by atoms with Crippen LogP contribution in [0.4, 0.5) is 0 Å². The number of sulfonamides is 1. The van der Waals surface area contributed by atoms with E-state index in [4.69, 9.17) is 0 Å². The Labute approximate surface area is 110 Å². The normalized spacial score (nSPS) is 11.6. The van der Waals surface area contributed by atoms with Gasteiger partial charge >= 0.3 is 0 Å². The molecule has 1 N–H and O–H groups in total. The molecule has 0 fully saturated rings. The first-order chi connectivity index (χ1) is 8.48. The molecule has 0 heterocycles. The highest BCUT2D eigenvalue weighted by Crippen LogP contribution is 2.08. The van der Waals surface area contributed by atoms with Crippen LogP contribution in [-0.2, 0) is 14.8 Å². The average molecular weight is 278 g/mol. The summed E-state index contributed by atoms with van der Waals surface area (Å²) in [4.78, 5) is 10.1. The van der Waals surface area contributed by atoms with Crippen LogP contribution in [0.15, 0.2) is 0 Å². The van der Waals surface area contributed by atoms with Gasteiger partial charge in [0.15, 0.2) is 0 Å². The molecule has 0 saturated carbocycles. The first kappa shape index (κ1) is 17.4. The molecule has 108 valence electrons. The monoisotopic (exact) mass is 278 g/mol. The molecule has 0 radical (unpaired) electrons. The van der Waals surface area contributed by atoms with Gasteiger partial charge in [0.05, 0.1) is 18.3 Å². The van der Waals surface area contributed by atoms with Crippen LogP contribution in [0.25, 0.3) is 0 Å². The number of carboxylic acid groups (broad SMARTS) is 1. The summed E-state index contributed by atoms with van der Waals surface area (Å²) in [6.45, 7) is 1.53. The van der Waals surface area contributed by atoms with Crippen molar-refractivity contribution in [1.82, 2.24) is 4.72 Å². The van der Waals surface area contributed by atoms with Crippen molar-refractivity contribution in [1.29, 1.82) is 0 Å². The van der Waals surface area contributed by atoms with E-state index < -0.39 is 22.5 Å². The number of hydrogen-bond acceptors (Lipinski definition) is 4. The molecule has 0 aliphatic heterocycles. The third-order valence-corrected chi connectivity index (χ3v) is 4.11. The van der Waals surface area contributed by atoms with Crippen molar-refractivity contribution in [3.05, 3.63) is 0 Å². The molecule has 0 aromatic carbocycles. The molecule has 0 unspecified atom stereocenters. The van der Waals surface area contributed by atoms with E-state index in [1.807, 2.05) is 4.72 Å². The van der Waals surface area contributed by atoms with Gasteiger partial charge in [0, 0.05) is 0 Å². The Hall–Kier alpha value is -0.620. The predicted molar refractivity (Wildman–Crippen MR) is 69.4 cm³/mol. The van der Waals surface area contributed by atoms with Crippen molar-refractivity contribution in [2.75, 3.05) is 12.3 Å². The molecule has 0 bridgehead atoms. The molecule has 0 aromatic heterocycles. The van der Waals surface area contributed by atoms with Gasteiger partial charge in [0.1, 0.15) is 0 Å². The highest BCUT2D eigenvalue weighted by Gasteiger charge is 2.08. The van der Waals surface area contributed by atoms with Crippen molar-refractivity contribution >= 4 is 16.0 Å². The fraction of sp³-hybridized carbons (Fsp3) is 0.917. The van der Waals surface area contributed by atoms with Crippen molar-refractivity contribution in [2.45, 2.75) is 58.3 Å². The third-order valence-electron chi connectivity index (χ3n) is 2.70. The van der Waals surface area contributed by atoms with Crippen LogP contribution in [0.1, 0.15) is 58.3 Å². The van der Waals surface area contributed by atoms with E-state index in [9.17, 15) is 18.3 Å². The standard InChI is InChI=1S/C12H25NO4S/c1-2-3-4-5-6-7-8-9-10-18(16,17)13-11-12(14)15/h13H,2-11H2,1H3,(H,14,15)/p-1. The van der Waals surface area contributed by atoms with Crippen molar-refractivity contribution in [2.24, 2.45) is 0 Å². The van der Waals surface area contributed by atoms with Crippen LogP contribution in [0.3, 0.4) is 0 Å². The van der Waals surface area contributed by atoms with E-state index in [0.29, 0.717) is 6.42 Å². The minimum absolute atomic E-state index is 0.00472. The molecule has 6 heteroatoms. The lowest BCUT2D eigenvalue weighted by Gasteiger charge is -2.07. The summed E-state index contributed by atoms with van der Waals surface area (Å²) in [6.07, 6.45) is 8.59. The van der Waals surface area contributed by atoms with Gasteiger partial charge in [-0.25, -0.2) is 13.1 Å². The molecule has 0 amide bonds. The smallest absolute Gasteiger partial charge is 0.211 e. The maximum absolute atomic E-state index is 11.3. The number of aliphatic carboxylic acids is 1. The number of carbonyl (C=O) groups excluding carboxylic acids is 1. The van der Waals surface area contributed by atoms with Gasteiger partial charge in [0.25, 0.3) is 0 Å². The van der Waals surface area contributed by atoms with Gasteiger partial charge in [-0.05, 0) is 6.42 Å². The topological polar surface area (TPSA) is 86.3 Å². The van der Waals surface area contributed by atoms with Crippen molar-refractivity contribution < 1.29 is 18.3 Å². The molecule has 0 saturated heterocycles. The number of carbonyl (C=O) groups is 1. The summed E-state index contributed by atoms with van der Waals surface area (Å²) >= 11 is 0. The maximum atomic E-state index is 11.3. The number of nitrogens with one attached hydrogen (secondary N) is 1. The zero-order chi connectivity index (χ0) is 13.9. The van der Waals surface area contributed by atoms with E-state index in [1.165, 1.54) is 25.7 Å². The van der Waals surface area contributed by atoms with E-state index in [-0.39, 0.29) is 5.75 Å². The molecule has 0 aromatic rings. The molecule has 18 heavy (non-hydrogen) atoms. The largest absolute Gasteiger partial charge is 0.549 e. The van der Waals surface area contributed by atoms with E-state index in [2.05, 4.69) is 6.92 Å². The van der Waals surface area contributed by atoms with Crippen LogP contribution in [-0.4, -0.2) is 26.7 Å². The van der Waals surface area contributed by atoms with Gasteiger partial charge in [-0.3, -0.25) is 0 Å².